The van der Waals surface area contributed by atoms with Crippen LogP contribution in [0.4, 0.5) is 4.79 Å². The van der Waals surface area contributed by atoms with Crippen LogP contribution in [0.2, 0.25) is 0 Å². The van der Waals surface area contributed by atoms with E-state index >= 15 is 0 Å². The van der Waals surface area contributed by atoms with Crippen LogP contribution in [0.15, 0.2) is 60.7 Å². The Hall–Kier alpha value is -3.61. The van der Waals surface area contributed by atoms with Crippen molar-refractivity contribution in [1.82, 2.24) is 10.6 Å². The first-order chi connectivity index (χ1) is 16.0. The minimum Gasteiger partial charge on any atom is -0.478 e. The minimum absolute atomic E-state index is 0.0189. The van der Waals surface area contributed by atoms with Gasteiger partial charge in [-0.05, 0) is 35.1 Å². The number of amides is 2. The molecule has 3 N–H and O–H groups in total. The first-order valence-electron chi connectivity index (χ1n) is 11.3. The number of carbonyl (C=O) groups excluding carboxylic acids is 2. The summed E-state index contributed by atoms with van der Waals surface area (Å²) < 4.78 is 5.64. The Morgan fingerprint density at radius 1 is 0.970 bits per heavy atom. The first-order valence-corrected chi connectivity index (χ1v) is 11.3. The van der Waals surface area contributed by atoms with Gasteiger partial charge in [0.05, 0.1) is 5.92 Å². The molecule has 0 bridgehead atoms. The zero-order valence-electron chi connectivity index (χ0n) is 18.3. The summed E-state index contributed by atoms with van der Waals surface area (Å²) in [5.41, 5.74) is 4.64. The molecule has 0 heterocycles. The van der Waals surface area contributed by atoms with Gasteiger partial charge in [-0.25, -0.2) is 9.59 Å². The summed E-state index contributed by atoms with van der Waals surface area (Å²) in [6.45, 7) is 0.364. The molecule has 2 aromatic rings. The van der Waals surface area contributed by atoms with Crippen molar-refractivity contribution in [2.24, 2.45) is 5.92 Å². The normalized spacial score (nSPS) is 19.5. The highest BCUT2D eigenvalue weighted by Gasteiger charge is 2.33. The molecule has 0 spiro atoms. The molecular weight excluding hydrogens is 420 g/mol. The molecule has 7 heteroatoms. The summed E-state index contributed by atoms with van der Waals surface area (Å²) in [5, 5.41) is 14.3. The summed E-state index contributed by atoms with van der Waals surface area (Å²) >= 11 is 0. The standard InChI is InChI=1S/C26H28N2O5/c29-24(30)14-7-15-27-25(31)21-12-5-6-13-23(21)28-26(32)33-16-22-19-10-3-1-8-17(19)18-9-2-4-11-20(18)22/h1-4,7-11,14,21-23H,5-6,12-13,15-16H2,(H,27,31)(H,28,32)(H,29,30)/b14-7+/t21-,23+/m0/s1. The van der Waals surface area contributed by atoms with E-state index < -0.39 is 12.1 Å². The number of benzene rings is 2. The van der Waals surface area contributed by atoms with Crippen molar-refractivity contribution in [2.45, 2.75) is 37.6 Å². The van der Waals surface area contributed by atoms with Gasteiger partial charge < -0.3 is 20.5 Å². The number of carbonyl (C=O) groups is 3. The van der Waals surface area contributed by atoms with Crippen molar-refractivity contribution < 1.29 is 24.2 Å². The van der Waals surface area contributed by atoms with Crippen molar-refractivity contribution in [2.75, 3.05) is 13.2 Å². The lowest BCUT2D eigenvalue weighted by molar-refractivity contribution is -0.131. The predicted molar refractivity (Wildman–Crippen MR) is 124 cm³/mol. The van der Waals surface area contributed by atoms with E-state index in [0.717, 1.165) is 30.0 Å². The van der Waals surface area contributed by atoms with Gasteiger partial charge in [0.25, 0.3) is 0 Å². The Balaban J connectivity index is 1.35. The van der Waals surface area contributed by atoms with Crippen LogP contribution in [0.3, 0.4) is 0 Å². The monoisotopic (exact) mass is 448 g/mol. The molecule has 172 valence electrons. The summed E-state index contributed by atoms with van der Waals surface area (Å²) in [6, 6.07) is 16.0. The van der Waals surface area contributed by atoms with Crippen LogP contribution in [-0.2, 0) is 14.3 Å². The fourth-order valence-corrected chi connectivity index (χ4v) is 4.86. The van der Waals surface area contributed by atoms with Gasteiger partial charge in [-0.15, -0.1) is 0 Å². The summed E-state index contributed by atoms with van der Waals surface area (Å²) in [6.07, 6.45) is 5.07. The third-order valence-corrected chi connectivity index (χ3v) is 6.40. The molecule has 2 atom stereocenters. The van der Waals surface area contributed by atoms with E-state index in [9.17, 15) is 14.4 Å². The maximum absolute atomic E-state index is 12.7. The van der Waals surface area contributed by atoms with Crippen molar-refractivity contribution in [3.63, 3.8) is 0 Å². The molecule has 0 saturated heterocycles. The van der Waals surface area contributed by atoms with Gasteiger partial charge in [0.15, 0.2) is 0 Å². The fraction of sp³-hybridized carbons (Fsp3) is 0.346. The molecule has 0 unspecified atom stereocenters. The average molecular weight is 449 g/mol. The molecule has 2 aliphatic rings. The number of nitrogens with one attached hydrogen (secondary N) is 2. The Morgan fingerprint density at radius 3 is 2.27 bits per heavy atom. The summed E-state index contributed by atoms with van der Waals surface area (Å²) in [5.74, 6) is -1.63. The van der Waals surface area contributed by atoms with Crippen LogP contribution < -0.4 is 10.6 Å². The Bertz CT molecular complexity index is 1020. The van der Waals surface area contributed by atoms with E-state index in [1.54, 1.807) is 0 Å². The number of aliphatic carboxylic acids is 1. The van der Waals surface area contributed by atoms with E-state index in [-0.39, 0.29) is 36.9 Å². The fourth-order valence-electron chi connectivity index (χ4n) is 4.86. The lowest BCUT2D eigenvalue weighted by atomic mass is 9.84. The Labute approximate surface area is 192 Å². The smallest absolute Gasteiger partial charge is 0.407 e. The van der Waals surface area contributed by atoms with Crippen molar-refractivity contribution in [3.8, 4) is 11.1 Å². The molecule has 2 aromatic carbocycles. The Kier molecular flexibility index (Phi) is 7.07. The van der Waals surface area contributed by atoms with Crippen LogP contribution >= 0.6 is 0 Å². The van der Waals surface area contributed by atoms with Crippen LogP contribution in [-0.4, -0.2) is 42.3 Å². The second kappa shape index (κ2) is 10.3. The van der Waals surface area contributed by atoms with E-state index in [1.807, 2.05) is 24.3 Å². The maximum atomic E-state index is 12.7. The molecule has 1 saturated carbocycles. The van der Waals surface area contributed by atoms with E-state index in [0.29, 0.717) is 12.8 Å². The zero-order chi connectivity index (χ0) is 23.2. The van der Waals surface area contributed by atoms with Gasteiger partial charge in [-0.2, -0.15) is 0 Å². The molecule has 2 aliphatic carbocycles. The van der Waals surface area contributed by atoms with Gasteiger partial charge in [0.1, 0.15) is 6.61 Å². The van der Waals surface area contributed by atoms with Crippen molar-refractivity contribution >= 4 is 18.0 Å². The van der Waals surface area contributed by atoms with E-state index in [4.69, 9.17) is 9.84 Å². The van der Waals surface area contributed by atoms with Gasteiger partial charge >= 0.3 is 12.1 Å². The number of hydrogen-bond donors (Lipinski definition) is 3. The third kappa shape index (κ3) is 5.25. The largest absolute Gasteiger partial charge is 0.478 e. The van der Waals surface area contributed by atoms with Crippen LogP contribution in [0.25, 0.3) is 11.1 Å². The van der Waals surface area contributed by atoms with Gasteiger partial charge in [0, 0.05) is 24.6 Å². The van der Waals surface area contributed by atoms with E-state index in [1.165, 1.54) is 17.2 Å². The number of ether oxygens (including phenoxy) is 1. The Morgan fingerprint density at radius 2 is 1.61 bits per heavy atom. The molecule has 0 radical (unpaired) electrons. The second-order valence-corrected chi connectivity index (χ2v) is 8.45. The van der Waals surface area contributed by atoms with Gasteiger partial charge in [-0.3, -0.25) is 4.79 Å². The van der Waals surface area contributed by atoms with Gasteiger partial charge in [0.2, 0.25) is 5.91 Å². The quantitative estimate of drug-likeness (QED) is 0.558. The highest BCUT2D eigenvalue weighted by atomic mass is 16.5. The number of rotatable bonds is 7. The molecule has 0 aromatic heterocycles. The van der Waals surface area contributed by atoms with Crippen molar-refractivity contribution in [1.29, 1.82) is 0 Å². The lowest BCUT2D eigenvalue weighted by Gasteiger charge is -2.31. The molecule has 2 amide bonds. The van der Waals surface area contributed by atoms with E-state index in [2.05, 4.69) is 34.9 Å². The number of alkyl carbamates (subject to hydrolysis) is 1. The molecule has 0 aliphatic heterocycles. The van der Waals surface area contributed by atoms with Crippen molar-refractivity contribution in [3.05, 3.63) is 71.8 Å². The first kappa shape index (κ1) is 22.6. The highest BCUT2D eigenvalue weighted by molar-refractivity contribution is 5.82. The molecule has 7 nitrogen and oxygen atoms in total. The molecule has 4 rings (SSSR count). The highest BCUT2D eigenvalue weighted by Crippen LogP contribution is 2.44. The second-order valence-electron chi connectivity index (χ2n) is 8.45. The topological polar surface area (TPSA) is 105 Å². The molecular formula is C26H28N2O5. The van der Waals surface area contributed by atoms with Crippen LogP contribution in [0.1, 0.15) is 42.7 Å². The number of hydrogen-bond acceptors (Lipinski definition) is 4. The third-order valence-electron chi connectivity index (χ3n) is 6.40. The lowest BCUT2D eigenvalue weighted by Crippen LogP contribution is -2.48. The number of carboxylic acid groups (broad SMARTS) is 1. The number of carboxylic acids is 1. The average Bonchev–Trinajstić information content (AvgIpc) is 3.14. The molecule has 1 fully saturated rings. The summed E-state index contributed by atoms with van der Waals surface area (Å²) in [7, 11) is 0. The summed E-state index contributed by atoms with van der Waals surface area (Å²) in [4.78, 5) is 35.8. The SMILES string of the molecule is O=C(O)/C=C/CNC(=O)[C@H]1CCCC[C@H]1NC(=O)OCC1c2ccccc2-c2ccccc21. The minimum atomic E-state index is -1.06. The van der Waals surface area contributed by atoms with Crippen LogP contribution in [0, 0.1) is 5.92 Å². The predicted octanol–water partition coefficient (Wildman–Crippen LogP) is 3.84. The van der Waals surface area contributed by atoms with Gasteiger partial charge in [-0.1, -0.05) is 67.4 Å². The molecule has 33 heavy (non-hydrogen) atoms. The van der Waals surface area contributed by atoms with Crippen LogP contribution in [0.5, 0.6) is 0 Å². The number of fused-ring (bicyclic) bond motifs is 3. The maximum Gasteiger partial charge on any atom is 0.407 e. The zero-order valence-corrected chi connectivity index (χ0v) is 18.3.